The summed E-state index contributed by atoms with van der Waals surface area (Å²) in [4.78, 5) is 0. The van der Waals surface area contributed by atoms with E-state index in [1.807, 2.05) is 177 Å². The molecule has 92 heavy (non-hydrogen) atoms. The van der Waals surface area contributed by atoms with Gasteiger partial charge in [0, 0.05) is 78.7 Å². The van der Waals surface area contributed by atoms with E-state index in [1.165, 1.54) is 0 Å². The Morgan fingerprint density at radius 1 is 0.228 bits per heavy atom. The summed E-state index contributed by atoms with van der Waals surface area (Å²) in [6, 6.07) is 42.6. The normalized spacial score (nSPS) is 12.1. The van der Waals surface area contributed by atoms with Crippen molar-refractivity contribution in [1.29, 1.82) is 0 Å². The standard InChI is InChI=1S/C83H88O9/c1-41-23-47(7)70(64(84)29-41)76(71-48(8)24-42(2)30-65(71)85)61-38-58(35-53(13)79(61)90)82(16,17)56-19-21-57(22-20-56)83(18,59-36-54(14)80(91)62(39-59)77(72-49(9)25-43(3)31-66(72)86)73-50(10)26-44(4)32-67(73)87)60-37-55(15)81(92)63(40-60)78(74-51(11)27-45(5)33-68(74)88)75-52(12)28-46(6)34-69(75)89/h19-40,76-78,84-92H,1-18H3. The zero-order valence-electron chi connectivity index (χ0n) is 56.5. The number of rotatable bonds is 14. The third-order valence-corrected chi connectivity index (χ3v) is 19.8. The molecule has 0 heterocycles. The van der Waals surface area contributed by atoms with Gasteiger partial charge < -0.3 is 46.0 Å². The summed E-state index contributed by atoms with van der Waals surface area (Å²) in [5.74, 6) is -2.30. The molecular formula is C83H88O9. The third kappa shape index (κ3) is 11.5. The molecule has 0 aliphatic heterocycles. The van der Waals surface area contributed by atoms with E-state index >= 15 is 0 Å². The number of aromatic hydroxyl groups is 9. The minimum atomic E-state index is -1.17. The van der Waals surface area contributed by atoms with E-state index < -0.39 is 28.6 Å². The highest BCUT2D eigenvalue weighted by Gasteiger charge is 2.40. The van der Waals surface area contributed by atoms with E-state index in [9.17, 15) is 46.0 Å². The van der Waals surface area contributed by atoms with Crippen LogP contribution in [0.25, 0.3) is 0 Å². The van der Waals surface area contributed by atoms with Gasteiger partial charge in [0.05, 0.1) is 0 Å². The molecule has 0 saturated heterocycles. The maximum Gasteiger partial charge on any atom is 0.122 e. The monoisotopic (exact) mass is 1230 g/mol. The van der Waals surface area contributed by atoms with Crippen molar-refractivity contribution in [2.75, 3.05) is 0 Å². The molecule has 0 saturated carbocycles. The lowest BCUT2D eigenvalue weighted by Gasteiger charge is -2.36. The van der Waals surface area contributed by atoms with Crippen molar-refractivity contribution in [3.05, 3.63) is 295 Å². The summed E-state index contributed by atoms with van der Waals surface area (Å²) in [6.07, 6.45) is 0. The summed E-state index contributed by atoms with van der Waals surface area (Å²) in [7, 11) is 0. The minimum absolute atomic E-state index is 0.0125. The predicted molar refractivity (Wildman–Crippen MR) is 371 cm³/mol. The second-order valence-electron chi connectivity index (χ2n) is 27.4. The first-order chi connectivity index (χ1) is 43.1. The van der Waals surface area contributed by atoms with Gasteiger partial charge in [-0.15, -0.1) is 0 Å². The van der Waals surface area contributed by atoms with E-state index in [2.05, 4.69) is 45.0 Å². The summed E-state index contributed by atoms with van der Waals surface area (Å²) in [5, 5.41) is 110. The topological polar surface area (TPSA) is 182 Å². The second-order valence-corrected chi connectivity index (χ2v) is 27.4. The molecule has 0 aromatic heterocycles. The summed E-state index contributed by atoms with van der Waals surface area (Å²) in [6.45, 7) is 35.1. The molecule has 0 unspecified atom stereocenters. The number of phenolic OH excluding ortho intramolecular Hbond substituents is 9. The molecule has 9 heteroatoms. The molecule has 0 spiro atoms. The summed E-state index contributed by atoms with van der Waals surface area (Å²) >= 11 is 0. The van der Waals surface area contributed by atoms with E-state index in [0.29, 0.717) is 66.8 Å². The van der Waals surface area contributed by atoms with Crippen molar-refractivity contribution in [2.24, 2.45) is 0 Å². The van der Waals surface area contributed by atoms with Gasteiger partial charge in [-0.25, -0.2) is 0 Å². The maximum atomic E-state index is 12.7. The second kappa shape index (κ2) is 24.2. The molecule has 0 bridgehead atoms. The smallest absolute Gasteiger partial charge is 0.122 e. The zero-order valence-corrected chi connectivity index (χ0v) is 56.5. The number of hydrogen-bond acceptors (Lipinski definition) is 9. The highest BCUT2D eigenvalue weighted by atomic mass is 16.3. The van der Waals surface area contributed by atoms with Crippen molar-refractivity contribution in [1.82, 2.24) is 0 Å². The number of aryl methyl sites for hydroxylation is 15. The molecule has 0 atom stereocenters. The van der Waals surface area contributed by atoms with Crippen LogP contribution in [-0.2, 0) is 10.8 Å². The van der Waals surface area contributed by atoms with Crippen LogP contribution in [0.2, 0.25) is 0 Å². The number of benzene rings is 10. The fourth-order valence-corrected chi connectivity index (χ4v) is 15.3. The lowest BCUT2D eigenvalue weighted by Crippen LogP contribution is -2.27. The first-order valence-corrected chi connectivity index (χ1v) is 31.6. The van der Waals surface area contributed by atoms with Crippen LogP contribution in [0.15, 0.2) is 133 Å². The molecule has 10 rings (SSSR count). The largest absolute Gasteiger partial charge is 0.508 e. The van der Waals surface area contributed by atoms with Crippen LogP contribution < -0.4 is 0 Å². The average molecular weight is 1230 g/mol. The highest BCUT2D eigenvalue weighted by molar-refractivity contribution is 5.69. The van der Waals surface area contributed by atoms with E-state index in [4.69, 9.17) is 0 Å². The van der Waals surface area contributed by atoms with E-state index in [-0.39, 0.29) is 51.7 Å². The molecule has 474 valence electrons. The molecule has 10 aromatic rings. The molecular weight excluding hydrogens is 1140 g/mol. The Hall–Kier alpha value is -9.60. The summed E-state index contributed by atoms with van der Waals surface area (Å²) in [5.41, 5.74) is 18.4. The van der Waals surface area contributed by atoms with Gasteiger partial charge in [-0.1, -0.05) is 98.8 Å². The van der Waals surface area contributed by atoms with Gasteiger partial charge in [0.15, 0.2) is 0 Å². The van der Waals surface area contributed by atoms with Crippen molar-refractivity contribution in [3.63, 3.8) is 0 Å². The Balaban J connectivity index is 1.25. The van der Waals surface area contributed by atoms with E-state index in [1.54, 1.807) is 36.4 Å². The Morgan fingerprint density at radius 3 is 0.663 bits per heavy atom. The Bertz CT molecular complexity index is 4130. The maximum absolute atomic E-state index is 12.7. The molecule has 0 aliphatic rings. The van der Waals surface area contributed by atoms with Gasteiger partial charge in [-0.05, 0) is 271 Å². The molecule has 10 aromatic carbocycles. The predicted octanol–water partition coefficient (Wildman–Crippen LogP) is 18.9. The molecule has 0 fully saturated rings. The molecule has 0 radical (unpaired) electrons. The molecule has 9 nitrogen and oxygen atoms in total. The van der Waals surface area contributed by atoms with Gasteiger partial charge in [0.1, 0.15) is 51.7 Å². The van der Waals surface area contributed by atoms with Crippen LogP contribution in [-0.4, -0.2) is 46.0 Å². The number of hydrogen-bond donors (Lipinski definition) is 9. The third-order valence-electron chi connectivity index (χ3n) is 19.8. The van der Waals surface area contributed by atoms with Crippen molar-refractivity contribution in [2.45, 2.75) is 153 Å². The lowest BCUT2D eigenvalue weighted by atomic mass is 9.67. The van der Waals surface area contributed by atoms with Crippen LogP contribution in [0.5, 0.6) is 51.7 Å². The van der Waals surface area contributed by atoms with Gasteiger partial charge in [0.2, 0.25) is 0 Å². The number of phenols is 9. The quantitative estimate of drug-likeness (QED) is 0.0479. The Morgan fingerprint density at radius 2 is 0.435 bits per heavy atom. The SMILES string of the molecule is Cc1cc(C)c(C(c2cc(C(C)(C)c3ccc(C(C)(c4cc(C)c(O)c(C(c5c(C)cc(C)cc5O)c5c(C)cc(C)cc5O)c4)c4cc(C)c(O)c(C(c5c(C)cc(C)cc5O)c5c(C)cc(C)cc5O)c4)cc3)cc(C)c2O)c2c(C)cc(C)cc2O)c(O)c1. The van der Waals surface area contributed by atoms with Crippen molar-refractivity contribution in [3.8, 4) is 51.7 Å². The zero-order chi connectivity index (χ0) is 67.2. The van der Waals surface area contributed by atoms with Gasteiger partial charge in [-0.3, -0.25) is 0 Å². The van der Waals surface area contributed by atoms with Gasteiger partial charge in [-0.2, -0.15) is 0 Å². The first kappa shape index (κ1) is 65.4. The molecule has 0 amide bonds. The van der Waals surface area contributed by atoms with Gasteiger partial charge in [0.25, 0.3) is 0 Å². The fraction of sp³-hybridized carbons (Fsp3) is 0.277. The average Bonchev–Trinajstić information content (AvgIpc) is 0.738. The lowest BCUT2D eigenvalue weighted by molar-refractivity contribution is 0.445. The minimum Gasteiger partial charge on any atom is -0.508 e. The fourth-order valence-electron chi connectivity index (χ4n) is 15.3. The van der Waals surface area contributed by atoms with Crippen molar-refractivity contribution >= 4 is 0 Å². The Kier molecular flexibility index (Phi) is 17.2. The van der Waals surface area contributed by atoms with Crippen LogP contribution in [0.1, 0.15) is 200 Å². The van der Waals surface area contributed by atoms with Crippen LogP contribution >= 0.6 is 0 Å². The first-order valence-electron chi connectivity index (χ1n) is 31.6. The van der Waals surface area contributed by atoms with Gasteiger partial charge >= 0.3 is 0 Å². The van der Waals surface area contributed by atoms with E-state index in [0.717, 1.165) is 94.6 Å². The van der Waals surface area contributed by atoms with Crippen molar-refractivity contribution < 1.29 is 46.0 Å². The highest BCUT2D eigenvalue weighted by Crippen LogP contribution is 2.55. The molecule has 9 N–H and O–H groups in total. The van der Waals surface area contributed by atoms with Crippen LogP contribution in [0, 0.1) is 104 Å². The van der Waals surface area contributed by atoms with Crippen LogP contribution in [0.4, 0.5) is 0 Å². The Labute approximate surface area is 542 Å². The summed E-state index contributed by atoms with van der Waals surface area (Å²) < 4.78 is 0. The van der Waals surface area contributed by atoms with Crippen LogP contribution in [0.3, 0.4) is 0 Å². The molecule has 0 aliphatic carbocycles.